The van der Waals surface area contributed by atoms with Crippen molar-refractivity contribution < 1.29 is 19.4 Å². The first-order chi connectivity index (χ1) is 4.16. The van der Waals surface area contributed by atoms with Crippen LogP contribution in [0.1, 0.15) is 0 Å². The number of methoxy groups -OCH3 is 1. The maximum Gasteiger partial charge on any atom is 0.330 e. The number of rotatable bonds is 2. The predicted molar refractivity (Wildman–Crippen MR) is 36.0 cm³/mol. The monoisotopic (exact) mass is 166 g/mol. The van der Waals surface area contributed by atoms with Crippen LogP contribution in [0.4, 0.5) is 0 Å². The van der Waals surface area contributed by atoms with Crippen LogP contribution in [0.5, 0.6) is 0 Å². The van der Waals surface area contributed by atoms with Crippen molar-refractivity contribution >= 4 is 24.3 Å². The highest BCUT2D eigenvalue weighted by atomic mass is 35.5. The third-order valence-electron chi connectivity index (χ3n) is 0.563. The third-order valence-corrected chi connectivity index (χ3v) is 0.563. The van der Waals surface area contributed by atoms with Crippen LogP contribution < -0.4 is 0 Å². The third kappa shape index (κ3) is 6.97. The summed E-state index contributed by atoms with van der Waals surface area (Å²) in [6.45, 7) is 0. The summed E-state index contributed by atoms with van der Waals surface area (Å²) in [7, 11) is 1.18. The molecule has 0 unspecified atom stereocenters. The van der Waals surface area contributed by atoms with Gasteiger partial charge in [0, 0.05) is 12.2 Å². The fourth-order valence-corrected chi connectivity index (χ4v) is 0.207. The molecule has 0 radical (unpaired) electrons. The Morgan fingerprint density at radius 1 is 1.40 bits per heavy atom. The van der Waals surface area contributed by atoms with Crippen molar-refractivity contribution in [1.82, 2.24) is 0 Å². The normalized spacial score (nSPS) is 8.50. The van der Waals surface area contributed by atoms with E-state index in [2.05, 4.69) is 4.74 Å². The molecular formula is C5H7ClO4. The molecule has 0 heterocycles. The van der Waals surface area contributed by atoms with Gasteiger partial charge in [0.25, 0.3) is 0 Å². The Hall–Kier alpha value is -1.03. The van der Waals surface area contributed by atoms with Crippen LogP contribution in [0.25, 0.3) is 0 Å². The van der Waals surface area contributed by atoms with E-state index in [0.717, 1.165) is 6.08 Å². The number of halogens is 1. The summed E-state index contributed by atoms with van der Waals surface area (Å²) < 4.78 is 4.11. The van der Waals surface area contributed by atoms with E-state index in [9.17, 15) is 9.59 Å². The standard InChI is InChI=1S/C5H6O4.ClH/c1-9-5(8)3-2-4(6)7;/h2-3H,1H3,(H,6,7);1H/b3-2+;. The molecule has 0 aromatic carbocycles. The zero-order chi connectivity index (χ0) is 7.28. The van der Waals surface area contributed by atoms with Crippen molar-refractivity contribution in [3.8, 4) is 0 Å². The van der Waals surface area contributed by atoms with Crippen molar-refractivity contribution in [3.63, 3.8) is 0 Å². The molecule has 0 aromatic rings. The Labute approximate surface area is 63.9 Å². The van der Waals surface area contributed by atoms with Crippen LogP contribution >= 0.6 is 12.4 Å². The number of esters is 1. The summed E-state index contributed by atoms with van der Waals surface area (Å²) in [5.74, 6) is -1.84. The molecule has 58 valence electrons. The van der Waals surface area contributed by atoms with Crippen molar-refractivity contribution in [2.24, 2.45) is 0 Å². The second kappa shape index (κ2) is 6.10. The van der Waals surface area contributed by atoms with Gasteiger partial charge in [0.15, 0.2) is 0 Å². The van der Waals surface area contributed by atoms with E-state index in [4.69, 9.17) is 5.11 Å². The Morgan fingerprint density at radius 3 is 2.20 bits per heavy atom. The van der Waals surface area contributed by atoms with Crippen LogP contribution in [0, 0.1) is 0 Å². The summed E-state index contributed by atoms with van der Waals surface area (Å²) in [5.41, 5.74) is 0. The number of carbonyl (C=O) groups excluding carboxylic acids is 1. The largest absolute Gasteiger partial charge is 0.478 e. The van der Waals surface area contributed by atoms with Gasteiger partial charge in [-0.2, -0.15) is 0 Å². The maximum atomic E-state index is 10.1. The van der Waals surface area contributed by atoms with Gasteiger partial charge in [-0.1, -0.05) is 0 Å². The number of ether oxygens (including phenoxy) is 1. The Bertz CT molecular complexity index is 152. The second-order valence-electron chi connectivity index (χ2n) is 1.19. The lowest BCUT2D eigenvalue weighted by Crippen LogP contribution is -1.96. The van der Waals surface area contributed by atoms with Gasteiger partial charge in [-0.25, -0.2) is 9.59 Å². The van der Waals surface area contributed by atoms with Crippen LogP contribution in [-0.2, 0) is 14.3 Å². The minimum absolute atomic E-state index is 0. The van der Waals surface area contributed by atoms with E-state index < -0.39 is 11.9 Å². The molecule has 0 saturated heterocycles. The van der Waals surface area contributed by atoms with Gasteiger partial charge >= 0.3 is 11.9 Å². The summed E-state index contributed by atoms with van der Waals surface area (Å²) in [6.07, 6.45) is 1.55. The highest BCUT2D eigenvalue weighted by Crippen LogP contribution is 1.76. The van der Waals surface area contributed by atoms with Gasteiger partial charge in [-0.05, 0) is 0 Å². The lowest BCUT2D eigenvalue weighted by Gasteiger charge is -1.85. The molecule has 0 aliphatic carbocycles. The molecule has 0 atom stereocenters. The number of carboxylic acid groups (broad SMARTS) is 1. The molecular weight excluding hydrogens is 160 g/mol. The smallest absolute Gasteiger partial charge is 0.330 e. The molecule has 10 heavy (non-hydrogen) atoms. The van der Waals surface area contributed by atoms with E-state index in [1.807, 2.05) is 0 Å². The summed E-state index contributed by atoms with van der Waals surface area (Å²) in [4.78, 5) is 19.9. The molecule has 0 aliphatic rings. The van der Waals surface area contributed by atoms with E-state index in [-0.39, 0.29) is 12.4 Å². The minimum Gasteiger partial charge on any atom is -0.478 e. The summed E-state index contributed by atoms with van der Waals surface area (Å²) in [6, 6.07) is 0. The Kier molecular flexibility index (Phi) is 7.15. The van der Waals surface area contributed by atoms with Crippen LogP contribution in [-0.4, -0.2) is 24.2 Å². The number of hydrogen-bond donors (Lipinski definition) is 1. The number of hydrogen-bond acceptors (Lipinski definition) is 3. The van der Waals surface area contributed by atoms with Crippen LogP contribution in [0.3, 0.4) is 0 Å². The summed E-state index contributed by atoms with van der Waals surface area (Å²) >= 11 is 0. The van der Waals surface area contributed by atoms with Crippen molar-refractivity contribution in [2.45, 2.75) is 0 Å². The van der Waals surface area contributed by atoms with Gasteiger partial charge in [-0.15, -0.1) is 12.4 Å². The molecule has 4 nitrogen and oxygen atoms in total. The fourth-order valence-electron chi connectivity index (χ4n) is 0.207. The van der Waals surface area contributed by atoms with Crippen LogP contribution in [0.15, 0.2) is 12.2 Å². The van der Waals surface area contributed by atoms with E-state index >= 15 is 0 Å². The van der Waals surface area contributed by atoms with Crippen LogP contribution in [0.2, 0.25) is 0 Å². The van der Waals surface area contributed by atoms with Crippen molar-refractivity contribution in [2.75, 3.05) is 7.11 Å². The first kappa shape index (κ1) is 11.7. The molecule has 0 aromatic heterocycles. The maximum absolute atomic E-state index is 10.1. The molecule has 0 rings (SSSR count). The summed E-state index contributed by atoms with van der Waals surface area (Å²) in [5, 5.41) is 7.96. The zero-order valence-corrected chi connectivity index (χ0v) is 6.05. The lowest BCUT2D eigenvalue weighted by atomic mass is 10.5. The van der Waals surface area contributed by atoms with Gasteiger partial charge in [0.05, 0.1) is 7.11 Å². The minimum atomic E-state index is -1.17. The first-order valence-electron chi connectivity index (χ1n) is 2.15. The second-order valence-corrected chi connectivity index (χ2v) is 1.19. The first-order valence-corrected chi connectivity index (χ1v) is 2.15. The molecule has 0 bridgehead atoms. The number of aliphatic carboxylic acids is 1. The molecule has 0 saturated carbocycles. The Morgan fingerprint density at radius 2 is 1.90 bits per heavy atom. The number of carbonyl (C=O) groups is 2. The Balaban J connectivity index is 0. The van der Waals surface area contributed by atoms with E-state index in [1.54, 1.807) is 0 Å². The predicted octanol–water partition coefficient (Wildman–Crippen LogP) is 0.222. The average Bonchev–Trinajstić information content (AvgIpc) is 1.83. The van der Waals surface area contributed by atoms with Crippen molar-refractivity contribution in [3.05, 3.63) is 12.2 Å². The van der Waals surface area contributed by atoms with Gasteiger partial charge in [-0.3, -0.25) is 0 Å². The highest BCUT2D eigenvalue weighted by Gasteiger charge is 1.91. The molecule has 0 amide bonds. The molecule has 5 heteroatoms. The highest BCUT2D eigenvalue weighted by molar-refractivity contribution is 5.90. The number of carboxylic acids is 1. The fraction of sp³-hybridized carbons (Fsp3) is 0.200. The van der Waals surface area contributed by atoms with E-state index in [1.165, 1.54) is 7.11 Å². The van der Waals surface area contributed by atoms with Gasteiger partial charge < -0.3 is 9.84 Å². The van der Waals surface area contributed by atoms with E-state index in [0.29, 0.717) is 6.08 Å². The molecule has 0 aliphatic heterocycles. The quantitative estimate of drug-likeness (QED) is 0.471. The lowest BCUT2D eigenvalue weighted by molar-refractivity contribution is -0.136. The average molecular weight is 167 g/mol. The van der Waals surface area contributed by atoms with Gasteiger partial charge in [0.1, 0.15) is 0 Å². The topological polar surface area (TPSA) is 63.6 Å². The molecule has 1 N–H and O–H groups in total. The van der Waals surface area contributed by atoms with Crippen molar-refractivity contribution in [1.29, 1.82) is 0 Å². The zero-order valence-electron chi connectivity index (χ0n) is 5.23. The molecule has 0 fully saturated rings. The van der Waals surface area contributed by atoms with Gasteiger partial charge in [0.2, 0.25) is 0 Å². The SMILES string of the molecule is COC(=O)/C=C/C(=O)O.Cl. The molecule has 0 spiro atoms.